The van der Waals surface area contributed by atoms with Crippen LogP contribution in [-0.2, 0) is 13.7 Å². The van der Waals surface area contributed by atoms with Crippen molar-refractivity contribution >= 4 is 27.7 Å². The maximum Gasteiger partial charge on any atom is 0.286 e. The fourth-order valence-electron chi connectivity index (χ4n) is 2.44. The molecule has 138 valence electrons. The average Bonchev–Trinajstić information content (AvgIpc) is 3.03. The molecule has 0 aliphatic carbocycles. The third-order valence-electron chi connectivity index (χ3n) is 3.86. The van der Waals surface area contributed by atoms with Gasteiger partial charge in [-0.05, 0) is 51.8 Å². The molecule has 2 aromatic carbocycles. The Kier molecular flexibility index (Phi) is 5.93. The summed E-state index contributed by atoms with van der Waals surface area (Å²) >= 11 is 3.30. The molecule has 7 heteroatoms. The van der Waals surface area contributed by atoms with E-state index in [1.165, 1.54) is 0 Å². The zero-order chi connectivity index (χ0) is 19.2. The molecule has 0 radical (unpaired) electrons. The van der Waals surface area contributed by atoms with Crippen molar-refractivity contribution in [1.82, 2.24) is 15.4 Å². The Morgan fingerprint density at radius 3 is 2.30 bits per heavy atom. The van der Waals surface area contributed by atoms with Gasteiger partial charge in [-0.25, -0.2) is 0 Å². The summed E-state index contributed by atoms with van der Waals surface area (Å²) in [5, 5.41) is 0. The molecule has 0 saturated heterocycles. The van der Waals surface area contributed by atoms with E-state index in [4.69, 9.17) is 4.74 Å². The number of ether oxygens (including phenoxy) is 1. The van der Waals surface area contributed by atoms with Crippen LogP contribution in [0.5, 0.6) is 5.75 Å². The number of carbonyl (C=O) groups excluding carboxylic acids is 2. The number of benzene rings is 2. The predicted molar refractivity (Wildman–Crippen MR) is 105 cm³/mol. The lowest BCUT2D eigenvalue weighted by molar-refractivity contribution is 0.0842. The van der Waals surface area contributed by atoms with Crippen molar-refractivity contribution in [3.63, 3.8) is 0 Å². The lowest BCUT2D eigenvalue weighted by Gasteiger charge is -2.09. The number of carbonyl (C=O) groups is 2. The number of hydrogen-bond acceptors (Lipinski definition) is 3. The molecule has 3 rings (SSSR count). The van der Waals surface area contributed by atoms with Crippen LogP contribution < -0.4 is 15.6 Å². The molecule has 1 heterocycles. The van der Waals surface area contributed by atoms with Gasteiger partial charge < -0.3 is 9.30 Å². The average molecular weight is 428 g/mol. The molecule has 2 N–H and O–H groups in total. The summed E-state index contributed by atoms with van der Waals surface area (Å²) in [5.41, 5.74) is 6.62. The van der Waals surface area contributed by atoms with E-state index in [1.807, 2.05) is 42.5 Å². The van der Waals surface area contributed by atoms with E-state index in [1.54, 1.807) is 36.0 Å². The molecule has 0 unspecified atom stereocenters. The van der Waals surface area contributed by atoms with E-state index in [9.17, 15) is 9.59 Å². The molecular formula is C20H18BrN3O3. The highest BCUT2D eigenvalue weighted by molar-refractivity contribution is 9.10. The van der Waals surface area contributed by atoms with Crippen molar-refractivity contribution in [2.75, 3.05) is 0 Å². The first-order valence-corrected chi connectivity index (χ1v) is 9.01. The summed E-state index contributed by atoms with van der Waals surface area (Å²) in [4.78, 5) is 24.3. The van der Waals surface area contributed by atoms with Crippen molar-refractivity contribution in [2.24, 2.45) is 7.05 Å². The molecule has 27 heavy (non-hydrogen) atoms. The largest absolute Gasteiger partial charge is 0.489 e. The highest BCUT2D eigenvalue weighted by atomic mass is 79.9. The highest BCUT2D eigenvalue weighted by Crippen LogP contribution is 2.14. The number of aromatic nitrogens is 1. The molecule has 6 nitrogen and oxygen atoms in total. The van der Waals surface area contributed by atoms with Gasteiger partial charge in [0.15, 0.2) is 0 Å². The number of halogens is 1. The minimum atomic E-state index is -0.399. The van der Waals surface area contributed by atoms with Crippen LogP contribution >= 0.6 is 15.9 Å². The lowest BCUT2D eigenvalue weighted by Crippen LogP contribution is -2.42. The molecule has 0 aliphatic heterocycles. The van der Waals surface area contributed by atoms with Crippen LogP contribution in [0, 0.1) is 0 Å². The number of hydrogen-bond donors (Lipinski definition) is 2. The maximum absolute atomic E-state index is 12.2. The molecule has 0 saturated carbocycles. The van der Waals surface area contributed by atoms with E-state index in [0.717, 1.165) is 15.8 Å². The van der Waals surface area contributed by atoms with Crippen LogP contribution in [0.1, 0.15) is 26.4 Å². The monoisotopic (exact) mass is 427 g/mol. The van der Waals surface area contributed by atoms with Gasteiger partial charge in [0.1, 0.15) is 18.1 Å². The van der Waals surface area contributed by atoms with Crippen molar-refractivity contribution in [3.05, 3.63) is 88.2 Å². The second kappa shape index (κ2) is 8.55. The molecule has 0 fully saturated rings. The first-order chi connectivity index (χ1) is 13.0. The standard InChI is InChI=1S/C20H18BrN3O3/c1-24-12-16(21)11-18(24)20(26)23-22-19(25)15-9-7-14(8-10-15)13-27-17-5-3-2-4-6-17/h2-12H,13H2,1H3,(H,22,25)(H,23,26). The fourth-order valence-corrected chi connectivity index (χ4v) is 2.96. The molecule has 0 aliphatic rings. The van der Waals surface area contributed by atoms with Crippen molar-refractivity contribution in [3.8, 4) is 5.75 Å². The Morgan fingerprint density at radius 2 is 1.67 bits per heavy atom. The van der Waals surface area contributed by atoms with E-state index in [-0.39, 0.29) is 0 Å². The van der Waals surface area contributed by atoms with Crippen LogP contribution in [0.25, 0.3) is 0 Å². The molecule has 1 aromatic heterocycles. The Labute approximate surface area is 165 Å². The van der Waals surface area contributed by atoms with E-state index in [0.29, 0.717) is 17.9 Å². The fraction of sp³-hybridized carbons (Fsp3) is 0.100. The molecule has 0 atom stereocenters. The van der Waals surface area contributed by atoms with Crippen LogP contribution in [0.3, 0.4) is 0 Å². The molecular weight excluding hydrogens is 410 g/mol. The van der Waals surface area contributed by atoms with Crippen molar-refractivity contribution in [2.45, 2.75) is 6.61 Å². The lowest BCUT2D eigenvalue weighted by atomic mass is 10.1. The van der Waals surface area contributed by atoms with Gasteiger partial charge >= 0.3 is 0 Å². The van der Waals surface area contributed by atoms with Crippen molar-refractivity contribution in [1.29, 1.82) is 0 Å². The summed E-state index contributed by atoms with van der Waals surface area (Å²) in [6, 6.07) is 18.2. The zero-order valence-corrected chi connectivity index (χ0v) is 16.2. The second-order valence-electron chi connectivity index (χ2n) is 5.86. The maximum atomic E-state index is 12.2. The van der Waals surface area contributed by atoms with Gasteiger partial charge in [-0.15, -0.1) is 0 Å². The number of rotatable bonds is 5. The summed E-state index contributed by atoms with van der Waals surface area (Å²) in [6.45, 7) is 0.408. The number of hydrazine groups is 1. The zero-order valence-electron chi connectivity index (χ0n) is 14.6. The summed E-state index contributed by atoms with van der Waals surface area (Å²) in [7, 11) is 1.75. The van der Waals surface area contributed by atoms with Crippen LogP contribution in [0.15, 0.2) is 71.3 Å². The Morgan fingerprint density at radius 1 is 1.00 bits per heavy atom. The Balaban J connectivity index is 1.53. The first-order valence-electron chi connectivity index (χ1n) is 8.22. The molecule has 3 aromatic rings. The van der Waals surface area contributed by atoms with Gasteiger partial charge in [0.25, 0.3) is 11.8 Å². The van der Waals surface area contributed by atoms with E-state index in [2.05, 4.69) is 26.8 Å². The van der Waals surface area contributed by atoms with Gasteiger partial charge in [0.2, 0.25) is 0 Å². The quantitative estimate of drug-likeness (QED) is 0.612. The number of aryl methyl sites for hydroxylation is 1. The normalized spacial score (nSPS) is 10.3. The van der Waals surface area contributed by atoms with Crippen LogP contribution in [0.2, 0.25) is 0 Å². The number of nitrogens with zero attached hydrogens (tertiary/aromatic N) is 1. The summed E-state index contributed by atoms with van der Waals surface area (Å²) < 4.78 is 8.12. The summed E-state index contributed by atoms with van der Waals surface area (Å²) in [6.07, 6.45) is 1.76. The number of para-hydroxylation sites is 1. The van der Waals surface area contributed by atoms with Gasteiger partial charge in [-0.1, -0.05) is 30.3 Å². The van der Waals surface area contributed by atoms with Gasteiger partial charge in [0, 0.05) is 23.3 Å². The highest BCUT2D eigenvalue weighted by Gasteiger charge is 2.12. The Bertz CT molecular complexity index is 937. The second-order valence-corrected chi connectivity index (χ2v) is 6.78. The smallest absolute Gasteiger partial charge is 0.286 e. The predicted octanol–water partition coefficient (Wildman–Crippen LogP) is 3.44. The SMILES string of the molecule is Cn1cc(Br)cc1C(=O)NNC(=O)c1ccc(COc2ccccc2)cc1. The molecule has 0 bridgehead atoms. The van der Waals surface area contributed by atoms with Gasteiger partial charge in [-0.2, -0.15) is 0 Å². The topological polar surface area (TPSA) is 72.4 Å². The Hall–Kier alpha value is -3.06. The van der Waals surface area contributed by atoms with Gasteiger partial charge in [0.05, 0.1) is 0 Å². The van der Waals surface area contributed by atoms with E-state index < -0.39 is 11.8 Å². The minimum Gasteiger partial charge on any atom is -0.489 e. The third-order valence-corrected chi connectivity index (χ3v) is 4.29. The van der Waals surface area contributed by atoms with E-state index >= 15 is 0 Å². The van der Waals surface area contributed by atoms with Crippen LogP contribution in [0.4, 0.5) is 0 Å². The number of nitrogens with one attached hydrogen (secondary N) is 2. The first kappa shape index (κ1) is 18.7. The number of amides is 2. The molecule has 2 amide bonds. The van der Waals surface area contributed by atoms with Crippen molar-refractivity contribution < 1.29 is 14.3 Å². The summed E-state index contributed by atoms with van der Waals surface area (Å²) in [5.74, 6) is -0.00840. The van der Waals surface area contributed by atoms with Gasteiger partial charge in [-0.3, -0.25) is 20.4 Å². The molecule has 0 spiro atoms. The van der Waals surface area contributed by atoms with Crippen LogP contribution in [-0.4, -0.2) is 16.4 Å². The minimum absolute atomic E-state index is 0.396. The third kappa shape index (κ3) is 4.98.